The van der Waals surface area contributed by atoms with Gasteiger partial charge >= 0.3 is 168 Å². The first-order valence-electron chi connectivity index (χ1n) is 10.1. The summed E-state index contributed by atoms with van der Waals surface area (Å²) in [4.78, 5) is 5.06. The van der Waals surface area contributed by atoms with Crippen LogP contribution in [0.15, 0.2) is 17.6 Å². The molecule has 2 rings (SSSR count). The van der Waals surface area contributed by atoms with Crippen LogP contribution in [0.3, 0.4) is 0 Å². The zero-order valence-corrected chi connectivity index (χ0v) is 21.2. The fourth-order valence-corrected chi connectivity index (χ4v) is 24.9. The SMILES string of the molecule is CCC[CH2][Sn]([CH2]CCC)([CH2]CCC)[c]1cn2cnc(S(=O)(=O)CC)c2s1. The molecular weight excluding hydrogens is 471 g/mol. The summed E-state index contributed by atoms with van der Waals surface area (Å²) in [6.07, 6.45) is 11.6. The van der Waals surface area contributed by atoms with E-state index < -0.39 is 28.2 Å². The van der Waals surface area contributed by atoms with Crippen molar-refractivity contribution in [2.24, 2.45) is 0 Å². The Morgan fingerprint density at radius 3 is 2.00 bits per heavy atom. The number of fused-ring (bicyclic) bond motifs is 1. The van der Waals surface area contributed by atoms with Crippen LogP contribution in [0.4, 0.5) is 0 Å². The number of imidazole rings is 1. The average molecular weight is 505 g/mol. The Morgan fingerprint density at radius 2 is 1.54 bits per heavy atom. The van der Waals surface area contributed by atoms with Crippen LogP contribution in [-0.2, 0) is 9.84 Å². The summed E-state index contributed by atoms with van der Waals surface area (Å²) >= 11 is -0.763. The number of sulfone groups is 1. The van der Waals surface area contributed by atoms with E-state index in [1.807, 2.05) is 4.40 Å². The number of thiazole rings is 1. The Bertz CT molecular complexity index is 774. The number of hydrogen-bond acceptors (Lipinski definition) is 4. The summed E-state index contributed by atoms with van der Waals surface area (Å²) in [6.45, 7) is 8.55. The van der Waals surface area contributed by atoms with Crippen LogP contribution in [0.1, 0.15) is 66.2 Å². The number of rotatable bonds is 12. The minimum absolute atomic E-state index is 0.114. The second-order valence-corrected chi connectivity index (χ2v) is 24.7. The number of unbranched alkanes of at least 4 members (excludes halogenated alkanes) is 3. The van der Waals surface area contributed by atoms with Gasteiger partial charge in [0.05, 0.1) is 0 Å². The average Bonchev–Trinajstić information content (AvgIpc) is 3.22. The van der Waals surface area contributed by atoms with Crippen molar-refractivity contribution in [3.05, 3.63) is 12.5 Å². The molecule has 2 aromatic heterocycles. The van der Waals surface area contributed by atoms with Crippen molar-refractivity contribution >= 4 is 47.3 Å². The van der Waals surface area contributed by atoms with E-state index in [0.717, 1.165) is 4.83 Å². The van der Waals surface area contributed by atoms with Crippen molar-refractivity contribution < 1.29 is 8.42 Å². The molecule has 0 bridgehead atoms. The maximum atomic E-state index is 12.4. The predicted molar refractivity (Wildman–Crippen MR) is 115 cm³/mol. The molecule has 2 aromatic rings. The van der Waals surface area contributed by atoms with E-state index in [1.54, 1.807) is 27.5 Å². The van der Waals surface area contributed by atoms with Gasteiger partial charge in [-0.1, -0.05) is 0 Å². The van der Waals surface area contributed by atoms with E-state index in [4.69, 9.17) is 0 Å². The summed E-state index contributed by atoms with van der Waals surface area (Å²) in [6, 6.07) is 0. The second-order valence-electron chi connectivity index (χ2n) is 7.35. The molecule has 0 aliphatic heterocycles. The van der Waals surface area contributed by atoms with Crippen LogP contribution >= 0.6 is 11.3 Å². The third kappa shape index (κ3) is 4.85. The molecule has 2 heterocycles. The van der Waals surface area contributed by atoms with Gasteiger partial charge in [0.1, 0.15) is 0 Å². The van der Waals surface area contributed by atoms with Gasteiger partial charge in [-0.05, 0) is 0 Å². The molecule has 7 heteroatoms. The van der Waals surface area contributed by atoms with E-state index in [1.165, 1.54) is 51.8 Å². The molecule has 0 atom stereocenters. The summed E-state index contributed by atoms with van der Waals surface area (Å²) in [7, 11) is -3.26. The molecule has 0 saturated carbocycles. The Labute approximate surface area is 167 Å². The standard InChI is InChI=1S/C7H7N2O2S2.3C4H9.Sn/c1-2-13(10,11)6-7-9(5-8-6)3-4-12-7;3*1-3-4-2;/h3,5H,2H2,1H3;3*1,3-4H2,2H3;. The van der Waals surface area contributed by atoms with Gasteiger partial charge in [0.25, 0.3) is 0 Å². The van der Waals surface area contributed by atoms with Crippen molar-refractivity contribution in [2.75, 3.05) is 5.75 Å². The zero-order valence-electron chi connectivity index (χ0n) is 16.8. The van der Waals surface area contributed by atoms with Gasteiger partial charge in [-0.15, -0.1) is 0 Å². The summed E-state index contributed by atoms with van der Waals surface area (Å²) in [5, 5.41) is 0.290. The van der Waals surface area contributed by atoms with E-state index in [0.29, 0.717) is 0 Å². The molecule has 0 amide bonds. The Kier molecular flexibility index (Phi) is 8.47. The van der Waals surface area contributed by atoms with Gasteiger partial charge in [-0.25, -0.2) is 0 Å². The molecule has 0 aliphatic carbocycles. The summed E-state index contributed by atoms with van der Waals surface area (Å²) < 4.78 is 32.5. The molecule has 0 spiro atoms. The predicted octanol–water partition coefficient (Wildman–Crippen LogP) is 5.25. The van der Waals surface area contributed by atoms with Crippen molar-refractivity contribution in [3.63, 3.8) is 0 Å². The Balaban J connectivity index is 2.51. The molecule has 0 aromatic carbocycles. The summed E-state index contributed by atoms with van der Waals surface area (Å²) in [5.41, 5.74) is 0. The van der Waals surface area contributed by atoms with Gasteiger partial charge in [-0.2, -0.15) is 0 Å². The normalized spacial score (nSPS) is 12.9. The third-order valence-electron chi connectivity index (χ3n) is 5.40. The minimum atomic E-state index is -3.26. The molecule has 0 N–H and O–H groups in total. The fraction of sp³-hybridized carbons (Fsp3) is 0.737. The van der Waals surface area contributed by atoms with Crippen LogP contribution in [0.2, 0.25) is 13.3 Å². The summed E-state index contributed by atoms with van der Waals surface area (Å²) in [5.74, 6) is 0.114. The number of aromatic nitrogens is 2. The molecule has 0 fully saturated rings. The molecule has 0 aliphatic rings. The molecule has 148 valence electrons. The van der Waals surface area contributed by atoms with Crippen LogP contribution in [-0.4, -0.2) is 41.9 Å². The van der Waals surface area contributed by atoms with Gasteiger partial charge < -0.3 is 0 Å². The second kappa shape index (κ2) is 9.92. The first kappa shape index (κ1) is 22.2. The molecule has 0 radical (unpaired) electrons. The number of hydrogen-bond donors (Lipinski definition) is 0. The van der Waals surface area contributed by atoms with Crippen molar-refractivity contribution in [2.45, 2.75) is 84.6 Å². The van der Waals surface area contributed by atoms with Crippen LogP contribution < -0.4 is 2.89 Å². The van der Waals surface area contributed by atoms with Gasteiger partial charge in [0.2, 0.25) is 0 Å². The van der Waals surface area contributed by atoms with Gasteiger partial charge in [0, 0.05) is 0 Å². The fourth-order valence-electron chi connectivity index (χ4n) is 3.66. The first-order valence-corrected chi connectivity index (χ1v) is 20.1. The monoisotopic (exact) mass is 506 g/mol. The van der Waals surface area contributed by atoms with Crippen LogP contribution in [0.5, 0.6) is 0 Å². The first-order chi connectivity index (χ1) is 12.4. The van der Waals surface area contributed by atoms with E-state index in [2.05, 4.69) is 32.0 Å². The maximum absolute atomic E-state index is 12.4. The van der Waals surface area contributed by atoms with Crippen LogP contribution in [0, 0.1) is 0 Å². The van der Waals surface area contributed by atoms with Crippen molar-refractivity contribution in [1.82, 2.24) is 9.38 Å². The van der Waals surface area contributed by atoms with Crippen LogP contribution in [0.25, 0.3) is 4.83 Å². The zero-order chi connectivity index (χ0) is 19.2. The van der Waals surface area contributed by atoms with Crippen molar-refractivity contribution in [3.8, 4) is 0 Å². The molecule has 26 heavy (non-hydrogen) atoms. The quantitative estimate of drug-likeness (QED) is 0.371. The topological polar surface area (TPSA) is 51.4 Å². The van der Waals surface area contributed by atoms with Crippen molar-refractivity contribution in [1.29, 1.82) is 0 Å². The van der Waals surface area contributed by atoms with Gasteiger partial charge in [-0.3, -0.25) is 0 Å². The molecule has 0 saturated heterocycles. The van der Waals surface area contributed by atoms with E-state index in [9.17, 15) is 8.42 Å². The Hall–Kier alpha value is -0.0813. The Morgan fingerprint density at radius 1 is 1.00 bits per heavy atom. The van der Waals surface area contributed by atoms with E-state index >= 15 is 0 Å². The molecule has 4 nitrogen and oxygen atoms in total. The van der Waals surface area contributed by atoms with E-state index in [-0.39, 0.29) is 10.8 Å². The third-order valence-corrected chi connectivity index (χ3v) is 26.5. The van der Waals surface area contributed by atoms with Gasteiger partial charge in [0.15, 0.2) is 0 Å². The number of nitrogens with zero attached hydrogens (tertiary/aromatic N) is 2. The molecular formula is C19H34N2O2S2Sn. The molecule has 0 unspecified atom stereocenters.